The summed E-state index contributed by atoms with van der Waals surface area (Å²) in [4.78, 5) is 0. The molecule has 0 spiro atoms. The Morgan fingerprint density at radius 1 is 1.25 bits per heavy atom. The van der Waals surface area contributed by atoms with E-state index in [9.17, 15) is 0 Å². The van der Waals surface area contributed by atoms with E-state index in [2.05, 4.69) is 23.9 Å². The van der Waals surface area contributed by atoms with Gasteiger partial charge in [0.15, 0.2) is 0 Å². The van der Waals surface area contributed by atoms with Gasteiger partial charge in [0.25, 0.3) is 0 Å². The molecule has 0 bridgehead atoms. The SMILES string of the molecule is CC1CCC(C(N)Cc2ccn(C3CCCCC3)n2)C1. The molecule has 0 amide bonds. The van der Waals surface area contributed by atoms with Crippen LogP contribution in [0.5, 0.6) is 0 Å². The predicted octanol–water partition coefficient (Wildman–Crippen LogP) is 3.69. The lowest BCUT2D eigenvalue weighted by molar-refractivity contribution is 0.326. The van der Waals surface area contributed by atoms with E-state index in [1.165, 1.54) is 57.1 Å². The van der Waals surface area contributed by atoms with Crippen molar-refractivity contribution in [2.75, 3.05) is 0 Å². The first-order valence-corrected chi connectivity index (χ1v) is 8.52. The number of nitrogens with two attached hydrogens (primary N) is 1. The predicted molar refractivity (Wildman–Crippen MR) is 82.5 cm³/mol. The largest absolute Gasteiger partial charge is 0.327 e. The molecule has 3 heteroatoms. The molecule has 1 aromatic heterocycles. The second kappa shape index (κ2) is 6.30. The highest BCUT2D eigenvalue weighted by molar-refractivity contribution is 5.03. The van der Waals surface area contributed by atoms with E-state index in [4.69, 9.17) is 10.8 Å². The van der Waals surface area contributed by atoms with E-state index in [0.717, 1.165) is 12.3 Å². The molecular weight excluding hydrogens is 246 g/mol. The van der Waals surface area contributed by atoms with Gasteiger partial charge in [0, 0.05) is 18.7 Å². The van der Waals surface area contributed by atoms with Crippen molar-refractivity contribution < 1.29 is 0 Å². The minimum atomic E-state index is 0.301. The Balaban J connectivity index is 1.56. The van der Waals surface area contributed by atoms with Crippen LogP contribution in [-0.4, -0.2) is 15.8 Å². The maximum Gasteiger partial charge on any atom is 0.0640 e. The lowest BCUT2D eigenvalue weighted by atomic mass is 9.94. The third-order valence-corrected chi connectivity index (χ3v) is 5.40. The molecule has 2 saturated carbocycles. The molecule has 2 aliphatic carbocycles. The molecule has 3 atom stereocenters. The monoisotopic (exact) mass is 275 g/mol. The van der Waals surface area contributed by atoms with Crippen molar-refractivity contribution in [3.63, 3.8) is 0 Å². The van der Waals surface area contributed by atoms with Gasteiger partial charge in [0.2, 0.25) is 0 Å². The van der Waals surface area contributed by atoms with Crippen molar-refractivity contribution in [2.45, 2.75) is 76.8 Å². The minimum Gasteiger partial charge on any atom is -0.327 e. The summed E-state index contributed by atoms with van der Waals surface area (Å²) in [5.74, 6) is 1.58. The summed E-state index contributed by atoms with van der Waals surface area (Å²) >= 11 is 0. The van der Waals surface area contributed by atoms with Crippen LogP contribution in [0.2, 0.25) is 0 Å². The molecule has 0 radical (unpaired) electrons. The Kier molecular flexibility index (Phi) is 4.45. The minimum absolute atomic E-state index is 0.301. The summed E-state index contributed by atoms with van der Waals surface area (Å²) in [6, 6.07) is 3.13. The summed E-state index contributed by atoms with van der Waals surface area (Å²) in [7, 11) is 0. The standard InChI is InChI=1S/C17H29N3/c1-13-7-8-14(11-13)17(18)12-15-9-10-20(19-15)16-5-3-2-4-6-16/h9-10,13-14,16-17H,2-8,11-12,18H2,1H3. The van der Waals surface area contributed by atoms with Gasteiger partial charge in [-0.25, -0.2) is 0 Å². The van der Waals surface area contributed by atoms with Gasteiger partial charge >= 0.3 is 0 Å². The van der Waals surface area contributed by atoms with Crippen LogP contribution in [0.3, 0.4) is 0 Å². The Hall–Kier alpha value is -0.830. The number of aromatic nitrogens is 2. The van der Waals surface area contributed by atoms with Gasteiger partial charge in [-0.3, -0.25) is 4.68 Å². The molecule has 112 valence electrons. The summed E-state index contributed by atoms with van der Waals surface area (Å²) in [5, 5.41) is 4.80. The average molecular weight is 275 g/mol. The van der Waals surface area contributed by atoms with Crippen molar-refractivity contribution in [2.24, 2.45) is 17.6 Å². The third kappa shape index (κ3) is 3.25. The number of nitrogens with zero attached hydrogens (tertiary/aromatic N) is 2. The van der Waals surface area contributed by atoms with E-state index in [-0.39, 0.29) is 0 Å². The molecule has 1 aromatic rings. The van der Waals surface area contributed by atoms with Crippen LogP contribution in [0.15, 0.2) is 12.3 Å². The second-order valence-corrected chi connectivity index (χ2v) is 7.13. The molecule has 0 aromatic carbocycles. The first-order chi connectivity index (χ1) is 9.72. The van der Waals surface area contributed by atoms with E-state index in [1.54, 1.807) is 0 Å². The highest BCUT2D eigenvalue weighted by Gasteiger charge is 2.27. The zero-order valence-corrected chi connectivity index (χ0v) is 12.8. The molecule has 0 aliphatic heterocycles. The molecule has 3 nitrogen and oxygen atoms in total. The van der Waals surface area contributed by atoms with Crippen molar-refractivity contribution in [1.29, 1.82) is 0 Å². The smallest absolute Gasteiger partial charge is 0.0640 e. The van der Waals surface area contributed by atoms with Gasteiger partial charge in [-0.1, -0.05) is 32.6 Å². The maximum absolute atomic E-state index is 6.41. The summed E-state index contributed by atoms with van der Waals surface area (Å²) < 4.78 is 2.21. The van der Waals surface area contributed by atoms with Gasteiger partial charge in [-0.15, -0.1) is 0 Å². The Labute approximate surface area is 122 Å². The molecule has 2 aliphatic rings. The first kappa shape index (κ1) is 14.1. The molecule has 20 heavy (non-hydrogen) atoms. The van der Waals surface area contributed by atoms with Crippen LogP contribution in [0, 0.1) is 11.8 Å². The fourth-order valence-electron chi connectivity index (χ4n) is 4.08. The normalized spacial score (nSPS) is 29.7. The van der Waals surface area contributed by atoms with Crippen LogP contribution in [0.1, 0.15) is 70.0 Å². The summed E-state index contributed by atoms with van der Waals surface area (Å²) in [6.07, 6.45) is 13.8. The zero-order valence-electron chi connectivity index (χ0n) is 12.8. The highest BCUT2D eigenvalue weighted by Crippen LogP contribution is 2.33. The van der Waals surface area contributed by atoms with Crippen molar-refractivity contribution >= 4 is 0 Å². The van der Waals surface area contributed by atoms with E-state index in [1.807, 2.05) is 0 Å². The number of rotatable bonds is 4. The molecule has 1 heterocycles. The fraction of sp³-hybridized carbons (Fsp3) is 0.824. The van der Waals surface area contributed by atoms with Crippen molar-refractivity contribution in [3.8, 4) is 0 Å². The molecule has 2 fully saturated rings. The summed E-state index contributed by atoms with van der Waals surface area (Å²) in [6.45, 7) is 2.35. The molecular formula is C17H29N3. The lowest BCUT2D eigenvalue weighted by Crippen LogP contribution is -2.31. The zero-order chi connectivity index (χ0) is 13.9. The fourth-order valence-corrected chi connectivity index (χ4v) is 4.08. The van der Waals surface area contributed by atoms with Crippen LogP contribution in [0.4, 0.5) is 0 Å². The Morgan fingerprint density at radius 3 is 2.75 bits per heavy atom. The van der Waals surface area contributed by atoms with Crippen LogP contribution in [0.25, 0.3) is 0 Å². The van der Waals surface area contributed by atoms with Crippen molar-refractivity contribution in [3.05, 3.63) is 18.0 Å². The summed E-state index contributed by atoms with van der Waals surface area (Å²) in [5.41, 5.74) is 7.61. The van der Waals surface area contributed by atoms with Gasteiger partial charge < -0.3 is 5.73 Å². The maximum atomic E-state index is 6.41. The average Bonchev–Trinajstić information content (AvgIpc) is 3.09. The highest BCUT2D eigenvalue weighted by atomic mass is 15.3. The number of hydrogen-bond donors (Lipinski definition) is 1. The van der Waals surface area contributed by atoms with Gasteiger partial charge in [0.05, 0.1) is 11.7 Å². The Bertz CT molecular complexity index is 420. The van der Waals surface area contributed by atoms with Gasteiger partial charge in [0.1, 0.15) is 0 Å². The topological polar surface area (TPSA) is 43.8 Å². The van der Waals surface area contributed by atoms with E-state index < -0.39 is 0 Å². The van der Waals surface area contributed by atoms with Gasteiger partial charge in [-0.05, 0) is 43.6 Å². The van der Waals surface area contributed by atoms with Crippen LogP contribution in [-0.2, 0) is 6.42 Å². The number of hydrogen-bond acceptors (Lipinski definition) is 2. The molecule has 0 saturated heterocycles. The van der Waals surface area contributed by atoms with E-state index in [0.29, 0.717) is 18.0 Å². The van der Waals surface area contributed by atoms with Crippen LogP contribution >= 0.6 is 0 Å². The second-order valence-electron chi connectivity index (χ2n) is 7.13. The van der Waals surface area contributed by atoms with E-state index >= 15 is 0 Å². The van der Waals surface area contributed by atoms with Crippen LogP contribution < -0.4 is 5.73 Å². The first-order valence-electron chi connectivity index (χ1n) is 8.52. The molecule has 3 unspecified atom stereocenters. The van der Waals surface area contributed by atoms with Crippen molar-refractivity contribution in [1.82, 2.24) is 9.78 Å². The molecule has 3 rings (SSSR count). The van der Waals surface area contributed by atoms with Gasteiger partial charge in [-0.2, -0.15) is 5.10 Å². The lowest BCUT2D eigenvalue weighted by Gasteiger charge is -2.22. The molecule has 2 N–H and O–H groups in total. The Morgan fingerprint density at radius 2 is 2.05 bits per heavy atom. The third-order valence-electron chi connectivity index (χ3n) is 5.40. The quantitative estimate of drug-likeness (QED) is 0.910.